The Morgan fingerprint density at radius 1 is 1.28 bits per heavy atom. The molecule has 4 atom stereocenters. The molecule has 0 aromatic carbocycles. The number of likely N-dealkylation sites (tertiary alicyclic amines) is 1. The van der Waals surface area contributed by atoms with Crippen molar-refractivity contribution in [1.82, 2.24) is 20.4 Å². The normalized spacial score (nSPS) is 32.7. The van der Waals surface area contributed by atoms with Crippen LogP contribution >= 0.6 is 11.8 Å². The molecule has 2 amide bonds. The van der Waals surface area contributed by atoms with Crippen molar-refractivity contribution in [3.05, 3.63) is 0 Å². The Morgan fingerprint density at radius 3 is 2.68 bits per heavy atom. The highest BCUT2D eigenvalue weighted by molar-refractivity contribution is 8.01. The maximum atomic E-state index is 12.7. The van der Waals surface area contributed by atoms with E-state index in [-0.39, 0.29) is 22.7 Å². The number of aliphatic hydroxyl groups excluding tert-OH is 1. The van der Waals surface area contributed by atoms with Gasteiger partial charge in [0.15, 0.2) is 0 Å². The van der Waals surface area contributed by atoms with E-state index < -0.39 is 12.1 Å². The fourth-order valence-corrected chi connectivity index (χ4v) is 5.22. The lowest BCUT2D eigenvalue weighted by Gasteiger charge is -2.41. The fourth-order valence-electron chi connectivity index (χ4n) is 3.75. The molecule has 8 nitrogen and oxygen atoms in total. The maximum absolute atomic E-state index is 12.7. The van der Waals surface area contributed by atoms with Crippen LogP contribution in [0, 0.1) is 0 Å². The molecule has 1 unspecified atom stereocenters. The standard InChI is InChI=1S/C16H29N5O3S/c1-11(22)13(17)15(24)21-6-2-3-16(10-21)19-12(9-25-16)14(23)20-7-4-18-5-8-20/h11-13,18-19,22H,2-10,17H2,1H3/t11-,12+,13+,16?/m1/s1. The van der Waals surface area contributed by atoms with Gasteiger partial charge in [-0.25, -0.2) is 0 Å². The summed E-state index contributed by atoms with van der Waals surface area (Å²) < 4.78 is 0. The zero-order valence-electron chi connectivity index (χ0n) is 14.7. The third-order valence-electron chi connectivity index (χ3n) is 5.26. The molecule has 1 spiro atoms. The van der Waals surface area contributed by atoms with Crippen LogP contribution in [0.4, 0.5) is 0 Å². The molecule has 142 valence electrons. The van der Waals surface area contributed by atoms with Gasteiger partial charge >= 0.3 is 0 Å². The Balaban J connectivity index is 1.61. The summed E-state index contributed by atoms with van der Waals surface area (Å²) >= 11 is 1.74. The van der Waals surface area contributed by atoms with Crippen molar-refractivity contribution >= 4 is 23.6 Å². The van der Waals surface area contributed by atoms with E-state index in [1.807, 2.05) is 4.90 Å². The average Bonchev–Trinajstić information content (AvgIpc) is 3.03. The SMILES string of the molecule is C[C@@H](O)[C@H](N)C(=O)N1CCCC2(C1)N[C@H](C(=O)N1CCNCC1)CS2. The number of thioether (sulfide) groups is 1. The highest BCUT2D eigenvalue weighted by Crippen LogP contribution is 2.38. The van der Waals surface area contributed by atoms with E-state index in [0.29, 0.717) is 13.1 Å². The largest absolute Gasteiger partial charge is 0.391 e. The second-order valence-electron chi connectivity index (χ2n) is 7.21. The second kappa shape index (κ2) is 7.79. The molecule has 25 heavy (non-hydrogen) atoms. The van der Waals surface area contributed by atoms with Gasteiger partial charge in [0.05, 0.1) is 17.0 Å². The minimum absolute atomic E-state index is 0.162. The van der Waals surface area contributed by atoms with Crippen molar-refractivity contribution in [2.45, 2.75) is 42.8 Å². The number of aliphatic hydroxyl groups is 1. The number of amides is 2. The van der Waals surface area contributed by atoms with Gasteiger partial charge in [-0.1, -0.05) is 0 Å². The first-order chi connectivity index (χ1) is 11.9. The molecule has 3 aliphatic heterocycles. The monoisotopic (exact) mass is 371 g/mol. The molecule has 3 aliphatic rings. The first-order valence-electron chi connectivity index (χ1n) is 9.05. The average molecular weight is 372 g/mol. The van der Waals surface area contributed by atoms with Crippen LogP contribution in [0.2, 0.25) is 0 Å². The van der Waals surface area contributed by atoms with Crippen LogP contribution in [0.15, 0.2) is 0 Å². The highest BCUT2D eigenvalue weighted by atomic mass is 32.2. The summed E-state index contributed by atoms with van der Waals surface area (Å²) in [5.74, 6) is 0.677. The Bertz CT molecular complexity index is 514. The quantitative estimate of drug-likeness (QED) is 0.461. The molecule has 3 heterocycles. The fraction of sp³-hybridized carbons (Fsp3) is 0.875. The van der Waals surface area contributed by atoms with Gasteiger partial charge in [-0.05, 0) is 19.8 Å². The van der Waals surface area contributed by atoms with E-state index in [0.717, 1.165) is 44.8 Å². The number of nitrogens with one attached hydrogen (secondary N) is 2. The van der Waals surface area contributed by atoms with Crippen LogP contribution in [0.1, 0.15) is 19.8 Å². The lowest BCUT2D eigenvalue weighted by molar-refractivity contribution is -0.136. The summed E-state index contributed by atoms with van der Waals surface area (Å²) in [5, 5.41) is 16.4. The summed E-state index contributed by atoms with van der Waals surface area (Å²) in [4.78, 5) is 28.6. The van der Waals surface area contributed by atoms with Gasteiger partial charge in [-0.15, -0.1) is 11.8 Å². The third-order valence-corrected chi connectivity index (χ3v) is 6.77. The Kier molecular flexibility index (Phi) is 5.89. The first-order valence-corrected chi connectivity index (χ1v) is 10.0. The molecule has 3 saturated heterocycles. The van der Waals surface area contributed by atoms with E-state index in [9.17, 15) is 14.7 Å². The Labute approximate surface area is 152 Å². The molecule has 0 aliphatic carbocycles. The van der Waals surface area contributed by atoms with Crippen LogP contribution in [0.5, 0.6) is 0 Å². The van der Waals surface area contributed by atoms with Crippen LogP contribution in [0.3, 0.4) is 0 Å². The molecule has 9 heteroatoms. The zero-order valence-corrected chi connectivity index (χ0v) is 15.6. The molecule has 3 fully saturated rings. The van der Waals surface area contributed by atoms with Crippen molar-refractivity contribution in [1.29, 1.82) is 0 Å². The molecule has 0 aromatic heterocycles. The van der Waals surface area contributed by atoms with Crippen LogP contribution in [0.25, 0.3) is 0 Å². The van der Waals surface area contributed by atoms with Gasteiger partial charge in [0.1, 0.15) is 6.04 Å². The predicted octanol–water partition coefficient (Wildman–Crippen LogP) is -1.85. The topological polar surface area (TPSA) is 111 Å². The van der Waals surface area contributed by atoms with E-state index in [4.69, 9.17) is 5.73 Å². The first kappa shape index (κ1) is 18.9. The van der Waals surface area contributed by atoms with Gasteiger partial charge in [0, 0.05) is 45.0 Å². The van der Waals surface area contributed by atoms with Gasteiger partial charge < -0.3 is 26.0 Å². The number of carbonyl (C=O) groups is 2. The van der Waals surface area contributed by atoms with Crippen molar-refractivity contribution in [2.75, 3.05) is 45.0 Å². The van der Waals surface area contributed by atoms with Crippen LogP contribution < -0.4 is 16.4 Å². The number of nitrogens with zero attached hydrogens (tertiary/aromatic N) is 2. The molecule has 5 N–H and O–H groups in total. The molecular weight excluding hydrogens is 342 g/mol. The lowest BCUT2D eigenvalue weighted by Crippen LogP contribution is -2.61. The van der Waals surface area contributed by atoms with Gasteiger partial charge in [-0.2, -0.15) is 0 Å². The number of hydrogen-bond acceptors (Lipinski definition) is 7. The molecule has 0 saturated carbocycles. The number of piperazine rings is 1. The Hall–Kier alpha value is -0.870. The smallest absolute Gasteiger partial charge is 0.242 e. The van der Waals surface area contributed by atoms with E-state index >= 15 is 0 Å². The van der Waals surface area contributed by atoms with Gasteiger partial charge in [-0.3, -0.25) is 14.9 Å². The number of nitrogens with two attached hydrogens (primary N) is 1. The van der Waals surface area contributed by atoms with E-state index in [2.05, 4.69) is 10.6 Å². The van der Waals surface area contributed by atoms with E-state index in [1.54, 1.807) is 16.7 Å². The van der Waals surface area contributed by atoms with Crippen molar-refractivity contribution in [3.8, 4) is 0 Å². The van der Waals surface area contributed by atoms with Crippen LogP contribution in [-0.2, 0) is 9.59 Å². The van der Waals surface area contributed by atoms with Crippen molar-refractivity contribution in [2.24, 2.45) is 5.73 Å². The zero-order chi connectivity index (χ0) is 18.0. The summed E-state index contributed by atoms with van der Waals surface area (Å²) in [6, 6.07) is -1.08. The maximum Gasteiger partial charge on any atom is 0.242 e. The number of piperidine rings is 1. The second-order valence-corrected chi connectivity index (χ2v) is 8.61. The van der Waals surface area contributed by atoms with Crippen molar-refractivity contribution in [3.63, 3.8) is 0 Å². The molecule has 3 rings (SSSR count). The van der Waals surface area contributed by atoms with E-state index in [1.165, 1.54) is 6.92 Å². The number of carbonyl (C=O) groups excluding carboxylic acids is 2. The number of hydrogen-bond donors (Lipinski definition) is 4. The third kappa shape index (κ3) is 4.11. The molecule has 0 bridgehead atoms. The minimum Gasteiger partial charge on any atom is -0.391 e. The summed E-state index contributed by atoms with van der Waals surface area (Å²) in [5.41, 5.74) is 5.82. The Morgan fingerprint density at radius 2 is 2.00 bits per heavy atom. The van der Waals surface area contributed by atoms with Gasteiger partial charge in [0.25, 0.3) is 0 Å². The van der Waals surface area contributed by atoms with Crippen molar-refractivity contribution < 1.29 is 14.7 Å². The lowest BCUT2D eigenvalue weighted by atomic mass is 10.0. The summed E-state index contributed by atoms with van der Waals surface area (Å²) in [6.07, 6.45) is 0.931. The molecule has 0 aromatic rings. The summed E-state index contributed by atoms with van der Waals surface area (Å²) in [7, 11) is 0. The number of rotatable bonds is 3. The van der Waals surface area contributed by atoms with Crippen LogP contribution in [-0.4, -0.2) is 94.8 Å². The van der Waals surface area contributed by atoms with Gasteiger partial charge in [0.2, 0.25) is 11.8 Å². The molecule has 0 radical (unpaired) electrons. The predicted molar refractivity (Wildman–Crippen MR) is 97.0 cm³/mol. The summed E-state index contributed by atoms with van der Waals surface area (Å²) in [6.45, 7) is 5.91. The highest BCUT2D eigenvalue weighted by Gasteiger charge is 2.46. The molecular formula is C16H29N5O3S. The minimum atomic E-state index is -0.889.